The van der Waals surface area contributed by atoms with Crippen LogP contribution < -0.4 is 10.2 Å². The highest BCUT2D eigenvalue weighted by Gasteiger charge is 2.08. The molecular weight excluding hydrogens is 260 g/mol. The molecule has 120 valence electrons. The second kappa shape index (κ2) is 9.06. The van der Waals surface area contributed by atoms with Crippen molar-refractivity contribution in [1.82, 2.24) is 5.32 Å². The molecule has 0 aliphatic carbocycles. The van der Waals surface area contributed by atoms with Gasteiger partial charge in [-0.25, -0.2) is 0 Å². The lowest BCUT2D eigenvalue weighted by molar-refractivity contribution is 0.0846. The van der Waals surface area contributed by atoms with Crippen LogP contribution in [-0.2, 0) is 11.3 Å². The Morgan fingerprint density at radius 1 is 1.19 bits per heavy atom. The highest BCUT2D eigenvalue weighted by molar-refractivity contribution is 5.54. The van der Waals surface area contributed by atoms with Crippen molar-refractivity contribution in [3.05, 3.63) is 29.3 Å². The highest BCUT2D eigenvalue weighted by Crippen LogP contribution is 2.21. The number of likely N-dealkylation sites (N-methyl/N-ethyl adjacent to an activating group) is 1. The predicted octanol–water partition coefficient (Wildman–Crippen LogP) is 3.60. The fourth-order valence-electron chi connectivity index (χ4n) is 2.27. The summed E-state index contributed by atoms with van der Waals surface area (Å²) >= 11 is 0. The van der Waals surface area contributed by atoms with Gasteiger partial charge < -0.3 is 15.0 Å². The van der Waals surface area contributed by atoms with Gasteiger partial charge in [0.25, 0.3) is 0 Å². The van der Waals surface area contributed by atoms with E-state index in [0.717, 1.165) is 26.2 Å². The maximum atomic E-state index is 5.65. The molecule has 0 aliphatic heterocycles. The van der Waals surface area contributed by atoms with Gasteiger partial charge in [-0.1, -0.05) is 31.5 Å². The molecule has 0 heterocycles. The van der Waals surface area contributed by atoms with Crippen molar-refractivity contribution in [3.63, 3.8) is 0 Å². The molecule has 3 nitrogen and oxygen atoms in total. The van der Waals surface area contributed by atoms with Gasteiger partial charge in [-0.3, -0.25) is 0 Å². The third-order valence-electron chi connectivity index (χ3n) is 3.39. The average molecular weight is 292 g/mol. The van der Waals surface area contributed by atoms with E-state index in [2.05, 4.69) is 70.1 Å². The highest BCUT2D eigenvalue weighted by atomic mass is 16.5. The Hall–Kier alpha value is -1.06. The molecule has 1 rings (SSSR count). The SMILES string of the molecule is Cc1ccc(N(C)CCOC(C)C)c(CNCC(C)C)c1. The van der Waals surface area contributed by atoms with Gasteiger partial charge >= 0.3 is 0 Å². The molecule has 0 saturated heterocycles. The number of aryl methyl sites for hydroxylation is 1. The summed E-state index contributed by atoms with van der Waals surface area (Å²) in [6.07, 6.45) is 0.295. The number of rotatable bonds is 9. The quantitative estimate of drug-likeness (QED) is 0.752. The summed E-state index contributed by atoms with van der Waals surface area (Å²) in [5, 5.41) is 3.54. The van der Waals surface area contributed by atoms with E-state index in [9.17, 15) is 0 Å². The van der Waals surface area contributed by atoms with Crippen molar-refractivity contribution in [2.75, 3.05) is 31.6 Å². The first-order valence-corrected chi connectivity index (χ1v) is 8.03. The first kappa shape index (κ1) is 18.0. The number of benzene rings is 1. The van der Waals surface area contributed by atoms with Crippen LogP contribution in [0.2, 0.25) is 0 Å². The molecule has 0 saturated carbocycles. The minimum Gasteiger partial charge on any atom is -0.377 e. The van der Waals surface area contributed by atoms with Crippen LogP contribution in [-0.4, -0.2) is 32.8 Å². The van der Waals surface area contributed by atoms with Crippen LogP contribution in [0.3, 0.4) is 0 Å². The van der Waals surface area contributed by atoms with Crippen LogP contribution in [0, 0.1) is 12.8 Å². The zero-order valence-corrected chi connectivity index (χ0v) is 14.6. The van der Waals surface area contributed by atoms with E-state index < -0.39 is 0 Å². The molecule has 0 aromatic heterocycles. The fourth-order valence-corrected chi connectivity index (χ4v) is 2.27. The van der Waals surface area contributed by atoms with Crippen molar-refractivity contribution >= 4 is 5.69 Å². The van der Waals surface area contributed by atoms with Gasteiger partial charge in [0.15, 0.2) is 0 Å². The molecule has 1 N–H and O–H groups in total. The lowest BCUT2D eigenvalue weighted by atomic mass is 10.1. The smallest absolute Gasteiger partial charge is 0.0644 e. The molecule has 0 amide bonds. The maximum absolute atomic E-state index is 5.65. The van der Waals surface area contributed by atoms with Gasteiger partial charge in [-0.15, -0.1) is 0 Å². The number of nitrogens with one attached hydrogen (secondary N) is 1. The molecule has 0 atom stereocenters. The maximum Gasteiger partial charge on any atom is 0.0644 e. The van der Waals surface area contributed by atoms with Crippen molar-refractivity contribution in [2.45, 2.75) is 47.3 Å². The van der Waals surface area contributed by atoms with E-state index >= 15 is 0 Å². The Labute approximate surface area is 130 Å². The molecule has 0 fully saturated rings. The molecular formula is C18H32N2O. The topological polar surface area (TPSA) is 24.5 Å². The van der Waals surface area contributed by atoms with Crippen molar-refractivity contribution in [1.29, 1.82) is 0 Å². The van der Waals surface area contributed by atoms with Gasteiger partial charge in [0, 0.05) is 25.8 Å². The summed E-state index contributed by atoms with van der Waals surface area (Å²) in [6, 6.07) is 6.68. The van der Waals surface area contributed by atoms with Gasteiger partial charge in [-0.2, -0.15) is 0 Å². The summed E-state index contributed by atoms with van der Waals surface area (Å²) in [6.45, 7) is 14.4. The Bertz CT molecular complexity index is 416. The molecule has 1 aromatic rings. The summed E-state index contributed by atoms with van der Waals surface area (Å²) < 4.78 is 5.65. The number of hydrogen-bond acceptors (Lipinski definition) is 3. The molecule has 3 heteroatoms. The van der Waals surface area contributed by atoms with Crippen LogP contribution in [0.4, 0.5) is 5.69 Å². The predicted molar refractivity (Wildman–Crippen MR) is 92.1 cm³/mol. The van der Waals surface area contributed by atoms with Crippen molar-refractivity contribution in [3.8, 4) is 0 Å². The van der Waals surface area contributed by atoms with Gasteiger partial charge in [0.05, 0.1) is 12.7 Å². The monoisotopic (exact) mass is 292 g/mol. The second-order valence-electron chi connectivity index (χ2n) is 6.50. The Balaban J connectivity index is 2.66. The molecule has 0 unspecified atom stereocenters. The van der Waals surface area contributed by atoms with E-state index in [1.165, 1.54) is 16.8 Å². The Kier molecular flexibility index (Phi) is 7.76. The number of nitrogens with zero attached hydrogens (tertiary/aromatic N) is 1. The van der Waals surface area contributed by atoms with E-state index in [0.29, 0.717) is 12.0 Å². The Morgan fingerprint density at radius 3 is 2.52 bits per heavy atom. The number of ether oxygens (including phenoxy) is 1. The first-order valence-electron chi connectivity index (χ1n) is 8.03. The summed E-state index contributed by atoms with van der Waals surface area (Å²) in [4.78, 5) is 2.29. The van der Waals surface area contributed by atoms with Crippen LogP contribution in [0.1, 0.15) is 38.8 Å². The lowest BCUT2D eigenvalue weighted by Gasteiger charge is -2.24. The van der Waals surface area contributed by atoms with E-state index in [1.54, 1.807) is 0 Å². The molecule has 21 heavy (non-hydrogen) atoms. The molecule has 1 aromatic carbocycles. The van der Waals surface area contributed by atoms with E-state index in [4.69, 9.17) is 4.74 Å². The Morgan fingerprint density at radius 2 is 1.90 bits per heavy atom. The van der Waals surface area contributed by atoms with E-state index in [-0.39, 0.29) is 0 Å². The molecule has 0 spiro atoms. The number of anilines is 1. The molecule has 0 radical (unpaired) electrons. The average Bonchev–Trinajstić information content (AvgIpc) is 2.37. The lowest BCUT2D eigenvalue weighted by Crippen LogP contribution is -2.26. The van der Waals surface area contributed by atoms with Crippen LogP contribution >= 0.6 is 0 Å². The van der Waals surface area contributed by atoms with Gasteiger partial charge in [0.1, 0.15) is 0 Å². The van der Waals surface area contributed by atoms with Crippen LogP contribution in [0.25, 0.3) is 0 Å². The fraction of sp³-hybridized carbons (Fsp3) is 0.667. The zero-order valence-electron chi connectivity index (χ0n) is 14.6. The third-order valence-corrected chi connectivity index (χ3v) is 3.39. The number of hydrogen-bond donors (Lipinski definition) is 1. The minimum atomic E-state index is 0.295. The van der Waals surface area contributed by atoms with Crippen LogP contribution in [0.15, 0.2) is 18.2 Å². The largest absolute Gasteiger partial charge is 0.377 e. The molecule has 0 aliphatic rings. The van der Waals surface area contributed by atoms with Gasteiger partial charge in [-0.05, 0) is 44.9 Å². The van der Waals surface area contributed by atoms with Crippen LogP contribution in [0.5, 0.6) is 0 Å². The first-order chi connectivity index (χ1) is 9.90. The van der Waals surface area contributed by atoms with Crippen molar-refractivity contribution < 1.29 is 4.74 Å². The zero-order chi connectivity index (χ0) is 15.8. The minimum absolute atomic E-state index is 0.295. The third kappa shape index (κ3) is 6.96. The molecule has 0 bridgehead atoms. The normalized spacial score (nSPS) is 11.4. The summed E-state index contributed by atoms with van der Waals surface area (Å²) in [5.41, 5.74) is 3.97. The van der Waals surface area contributed by atoms with Gasteiger partial charge in [0.2, 0.25) is 0 Å². The second-order valence-corrected chi connectivity index (χ2v) is 6.50. The van der Waals surface area contributed by atoms with E-state index in [1.807, 2.05) is 0 Å². The van der Waals surface area contributed by atoms with Crippen molar-refractivity contribution in [2.24, 2.45) is 5.92 Å². The standard InChI is InChI=1S/C18H32N2O/c1-14(2)12-19-13-17-11-16(5)7-8-18(17)20(6)9-10-21-15(3)4/h7-8,11,14-15,19H,9-10,12-13H2,1-6H3. The summed E-state index contributed by atoms with van der Waals surface area (Å²) in [7, 11) is 2.14. The summed E-state index contributed by atoms with van der Waals surface area (Å²) in [5.74, 6) is 0.676.